The standard InChI is InChI=1S/C17H26O/c1-17(2,13-18)16-11-9-15(10-12-16)14-7-5-3-4-6-8-14/h9-12,14,18H,3-8,13H2,1-2H3. The monoisotopic (exact) mass is 246 g/mol. The van der Waals surface area contributed by atoms with Crippen molar-refractivity contribution in [3.8, 4) is 0 Å². The fourth-order valence-electron chi connectivity index (χ4n) is 2.91. The molecule has 1 aliphatic rings. The predicted molar refractivity (Wildman–Crippen MR) is 77.0 cm³/mol. The summed E-state index contributed by atoms with van der Waals surface area (Å²) in [5.41, 5.74) is 2.61. The quantitative estimate of drug-likeness (QED) is 0.784. The number of benzene rings is 1. The van der Waals surface area contributed by atoms with Crippen molar-refractivity contribution >= 4 is 0 Å². The van der Waals surface area contributed by atoms with E-state index in [1.165, 1.54) is 49.7 Å². The molecule has 1 heteroatoms. The molecule has 2 rings (SSSR count). The lowest BCUT2D eigenvalue weighted by atomic mass is 9.83. The Hall–Kier alpha value is -0.820. The highest BCUT2D eigenvalue weighted by Crippen LogP contribution is 2.32. The Bertz CT molecular complexity index is 356. The lowest BCUT2D eigenvalue weighted by Gasteiger charge is -2.23. The first-order valence-corrected chi connectivity index (χ1v) is 7.35. The van der Waals surface area contributed by atoms with Crippen LogP contribution in [0.15, 0.2) is 24.3 Å². The van der Waals surface area contributed by atoms with Crippen molar-refractivity contribution in [3.63, 3.8) is 0 Å². The van der Waals surface area contributed by atoms with Gasteiger partial charge in [0.2, 0.25) is 0 Å². The largest absolute Gasteiger partial charge is 0.395 e. The van der Waals surface area contributed by atoms with Crippen LogP contribution in [0, 0.1) is 0 Å². The molecule has 100 valence electrons. The Labute approximate surface area is 111 Å². The topological polar surface area (TPSA) is 20.2 Å². The molecule has 1 nitrogen and oxygen atoms in total. The molecule has 1 aromatic carbocycles. The van der Waals surface area contributed by atoms with Crippen molar-refractivity contribution in [1.82, 2.24) is 0 Å². The van der Waals surface area contributed by atoms with Crippen LogP contribution in [0.1, 0.15) is 69.4 Å². The Morgan fingerprint density at radius 1 is 1.00 bits per heavy atom. The summed E-state index contributed by atoms with van der Waals surface area (Å²) in [6, 6.07) is 8.97. The molecule has 0 radical (unpaired) electrons. The first-order chi connectivity index (χ1) is 8.63. The van der Waals surface area contributed by atoms with Gasteiger partial charge in [-0.1, -0.05) is 63.8 Å². The maximum atomic E-state index is 9.40. The first kappa shape index (κ1) is 13.6. The lowest BCUT2D eigenvalue weighted by Crippen LogP contribution is -2.21. The van der Waals surface area contributed by atoms with Gasteiger partial charge in [0.05, 0.1) is 6.61 Å². The Balaban J connectivity index is 2.11. The van der Waals surface area contributed by atoms with E-state index in [0.29, 0.717) is 0 Å². The number of aliphatic hydroxyl groups is 1. The van der Waals surface area contributed by atoms with Gasteiger partial charge < -0.3 is 5.11 Å². The van der Waals surface area contributed by atoms with Gasteiger partial charge in [0.1, 0.15) is 0 Å². The van der Waals surface area contributed by atoms with Gasteiger partial charge in [-0.2, -0.15) is 0 Å². The number of rotatable bonds is 3. The first-order valence-electron chi connectivity index (χ1n) is 7.35. The van der Waals surface area contributed by atoms with Crippen molar-refractivity contribution in [2.24, 2.45) is 0 Å². The van der Waals surface area contributed by atoms with Crippen molar-refractivity contribution < 1.29 is 5.11 Å². The molecule has 1 aromatic rings. The van der Waals surface area contributed by atoms with Gasteiger partial charge in [-0.05, 0) is 29.9 Å². The fraction of sp³-hybridized carbons (Fsp3) is 0.647. The molecule has 0 amide bonds. The molecule has 0 aliphatic heterocycles. The van der Waals surface area contributed by atoms with Gasteiger partial charge in [-0.15, -0.1) is 0 Å². The van der Waals surface area contributed by atoms with Crippen LogP contribution in [0.2, 0.25) is 0 Å². The zero-order valence-corrected chi connectivity index (χ0v) is 11.8. The molecular formula is C17H26O. The SMILES string of the molecule is CC(C)(CO)c1ccc(C2CCCCCC2)cc1. The maximum Gasteiger partial charge on any atom is 0.0522 e. The Morgan fingerprint density at radius 3 is 2.06 bits per heavy atom. The molecule has 0 unspecified atom stereocenters. The second-order valence-corrected chi connectivity index (χ2v) is 6.35. The number of hydrogen-bond donors (Lipinski definition) is 1. The van der Waals surface area contributed by atoms with Crippen LogP contribution in [-0.4, -0.2) is 11.7 Å². The van der Waals surface area contributed by atoms with E-state index in [1.807, 2.05) is 0 Å². The highest BCUT2D eigenvalue weighted by molar-refractivity contribution is 5.30. The van der Waals surface area contributed by atoms with Crippen LogP contribution in [0.25, 0.3) is 0 Å². The van der Waals surface area contributed by atoms with E-state index in [4.69, 9.17) is 0 Å². The Kier molecular flexibility index (Phi) is 4.45. The van der Waals surface area contributed by atoms with Crippen LogP contribution >= 0.6 is 0 Å². The van der Waals surface area contributed by atoms with E-state index in [2.05, 4.69) is 38.1 Å². The van der Waals surface area contributed by atoms with Gasteiger partial charge in [-0.3, -0.25) is 0 Å². The minimum Gasteiger partial charge on any atom is -0.395 e. The van der Waals surface area contributed by atoms with Crippen molar-refractivity contribution in [2.45, 2.75) is 63.7 Å². The molecule has 0 aromatic heterocycles. The molecule has 0 bridgehead atoms. The van der Waals surface area contributed by atoms with Crippen molar-refractivity contribution in [3.05, 3.63) is 35.4 Å². The van der Waals surface area contributed by atoms with E-state index in [0.717, 1.165) is 5.92 Å². The summed E-state index contributed by atoms with van der Waals surface area (Å²) in [5, 5.41) is 9.40. The molecule has 1 N–H and O–H groups in total. The van der Waals surface area contributed by atoms with Gasteiger partial charge >= 0.3 is 0 Å². The zero-order chi connectivity index (χ0) is 13.0. The van der Waals surface area contributed by atoms with Gasteiger partial charge in [0, 0.05) is 5.41 Å². The summed E-state index contributed by atoms with van der Waals surface area (Å²) in [7, 11) is 0. The summed E-state index contributed by atoms with van der Waals surface area (Å²) < 4.78 is 0. The Morgan fingerprint density at radius 2 is 1.56 bits per heavy atom. The van der Waals surface area contributed by atoms with E-state index in [9.17, 15) is 5.11 Å². The van der Waals surface area contributed by atoms with E-state index in [-0.39, 0.29) is 12.0 Å². The molecule has 1 saturated carbocycles. The third kappa shape index (κ3) is 3.14. The van der Waals surface area contributed by atoms with Crippen molar-refractivity contribution in [2.75, 3.05) is 6.61 Å². The minimum atomic E-state index is -0.123. The number of hydrogen-bond acceptors (Lipinski definition) is 1. The van der Waals surface area contributed by atoms with E-state index >= 15 is 0 Å². The third-order valence-electron chi connectivity index (χ3n) is 4.41. The molecule has 1 aliphatic carbocycles. The van der Waals surface area contributed by atoms with Crippen LogP contribution in [-0.2, 0) is 5.41 Å². The third-order valence-corrected chi connectivity index (χ3v) is 4.41. The maximum absolute atomic E-state index is 9.40. The second-order valence-electron chi connectivity index (χ2n) is 6.35. The summed E-state index contributed by atoms with van der Waals surface area (Å²) in [6.07, 6.45) is 8.28. The van der Waals surface area contributed by atoms with E-state index < -0.39 is 0 Å². The molecule has 18 heavy (non-hydrogen) atoms. The summed E-state index contributed by atoms with van der Waals surface area (Å²) in [4.78, 5) is 0. The van der Waals surface area contributed by atoms with Gasteiger partial charge in [0.25, 0.3) is 0 Å². The van der Waals surface area contributed by atoms with Crippen LogP contribution < -0.4 is 0 Å². The molecule has 0 saturated heterocycles. The van der Waals surface area contributed by atoms with Crippen LogP contribution in [0.5, 0.6) is 0 Å². The van der Waals surface area contributed by atoms with Gasteiger partial charge in [0.15, 0.2) is 0 Å². The lowest BCUT2D eigenvalue weighted by molar-refractivity contribution is 0.218. The summed E-state index contributed by atoms with van der Waals surface area (Å²) >= 11 is 0. The zero-order valence-electron chi connectivity index (χ0n) is 11.8. The molecular weight excluding hydrogens is 220 g/mol. The highest BCUT2D eigenvalue weighted by Gasteiger charge is 2.20. The molecule has 0 atom stereocenters. The predicted octanol–water partition coefficient (Wildman–Crippen LogP) is 4.39. The van der Waals surface area contributed by atoms with Gasteiger partial charge in [-0.25, -0.2) is 0 Å². The fourth-order valence-corrected chi connectivity index (χ4v) is 2.91. The number of aliphatic hydroxyl groups excluding tert-OH is 1. The average Bonchev–Trinajstić information content (AvgIpc) is 2.68. The van der Waals surface area contributed by atoms with Crippen LogP contribution in [0.4, 0.5) is 0 Å². The smallest absolute Gasteiger partial charge is 0.0522 e. The second kappa shape index (κ2) is 5.88. The van der Waals surface area contributed by atoms with E-state index in [1.54, 1.807) is 0 Å². The molecule has 1 fully saturated rings. The molecule has 0 spiro atoms. The summed E-state index contributed by atoms with van der Waals surface area (Å²) in [6.45, 7) is 4.39. The van der Waals surface area contributed by atoms with Crippen molar-refractivity contribution in [1.29, 1.82) is 0 Å². The van der Waals surface area contributed by atoms with Crippen LogP contribution in [0.3, 0.4) is 0 Å². The highest BCUT2D eigenvalue weighted by atomic mass is 16.3. The minimum absolute atomic E-state index is 0.123. The summed E-state index contributed by atoms with van der Waals surface area (Å²) in [5.74, 6) is 0.763. The average molecular weight is 246 g/mol. The molecule has 0 heterocycles. The normalized spacial score (nSPS) is 18.6.